The molecule has 4 N–H and O–H groups in total. The van der Waals surface area contributed by atoms with Crippen LogP contribution >= 0.6 is 28.3 Å². The number of nitrogens with two attached hydrogens (primary N) is 2. The van der Waals surface area contributed by atoms with Gasteiger partial charge in [-0.1, -0.05) is 6.07 Å². The van der Waals surface area contributed by atoms with Crippen molar-refractivity contribution in [1.29, 1.82) is 0 Å². The molecule has 0 aromatic carbocycles. The number of hydrogen-bond acceptors (Lipinski definition) is 3. The van der Waals surface area contributed by atoms with E-state index in [1.54, 1.807) is 6.20 Å². The summed E-state index contributed by atoms with van der Waals surface area (Å²) in [6.45, 7) is 0.608. The first-order chi connectivity index (χ1) is 5.74. The summed E-state index contributed by atoms with van der Waals surface area (Å²) in [5.74, 6) is 0. The van der Waals surface area contributed by atoms with Gasteiger partial charge in [0.25, 0.3) is 0 Å². The molecule has 1 rings (SSSR count). The Labute approximate surface area is 92.4 Å². The van der Waals surface area contributed by atoms with Gasteiger partial charge >= 0.3 is 0 Å². The highest BCUT2D eigenvalue weighted by molar-refractivity contribution is 9.10. The summed E-state index contributed by atoms with van der Waals surface area (Å²) in [4.78, 5) is 4.08. The summed E-state index contributed by atoms with van der Waals surface area (Å²) < 4.78 is 0.825. The van der Waals surface area contributed by atoms with Crippen molar-refractivity contribution in [3.63, 3.8) is 0 Å². The first kappa shape index (κ1) is 12.8. The van der Waals surface area contributed by atoms with Gasteiger partial charge in [-0.3, -0.25) is 0 Å². The van der Waals surface area contributed by atoms with Gasteiger partial charge in [0.05, 0.1) is 0 Å². The second-order valence-electron chi connectivity index (χ2n) is 2.60. The Bertz CT molecular complexity index is 240. The fourth-order valence-corrected chi connectivity index (χ4v) is 1.19. The monoisotopic (exact) mass is 265 g/mol. The van der Waals surface area contributed by atoms with Crippen molar-refractivity contribution in [2.24, 2.45) is 11.5 Å². The molecule has 13 heavy (non-hydrogen) atoms. The van der Waals surface area contributed by atoms with E-state index in [-0.39, 0.29) is 18.4 Å². The highest BCUT2D eigenvalue weighted by Crippen LogP contribution is 2.14. The minimum absolute atomic E-state index is 0. The Morgan fingerprint density at radius 3 is 2.62 bits per heavy atom. The van der Waals surface area contributed by atoms with E-state index in [9.17, 15) is 0 Å². The highest BCUT2D eigenvalue weighted by atomic mass is 79.9. The van der Waals surface area contributed by atoms with Crippen LogP contribution in [0.1, 0.15) is 18.0 Å². The Hall–Kier alpha value is -0.160. The minimum atomic E-state index is 0. The van der Waals surface area contributed by atoms with Gasteiger partial charge in [-0.05, 0) is 40.5 Å². The lowest BCUT2D eigenvalue weighted by atomic mass is 10.1. The van der Waals surface area contributed by atoms with E-state index in [0.717, 1.165) is 16.6 Å². The molecule has 0 aliphatic carbocycles. The highest BCUT2D eigenvalue weighted by Gasteiger charge is 2.03. The molecule has 0 amide bonds. The maximum absolute atomic E-state index is 5.82. The number of pyridine rings is 1. The van der Waals surface area contributed by atoms with Gasteiger partial charge in [0.1, 0.15) is 4.60 Å². The van der Waals surface area contributed by atoms with E-state index in [0.29, 0.717) is 6.54 Å². The van der Waals surface area contributed by atoms with E-state index >= 15 is 0 Å². The zero-order chi connectivity index (χ0) is 8.97. The van der Waals surface area contributed by atoms with Crippen molar-refractivity contribution in [2.45, 2.75) is 12.5 Å². The molecule has 1 aromatic rings. The summed E-state index contributed by atoms with van der Waals surface area (Å²) in [7, 11) is 0. The second kappa shape index (κ2) is 6.32. The van der Waals surface area contributed by atoms with E-state index in [4.69, 9.17) is 11.5 Å². The van der Waals surface area contributed by atoms with Crippen molar-refractivity contribution in [2.75, 3.05) is 6.54 Å². The van der Waals surface area contributed by atoms with Crippen LogP contribution in [0.25, 0.3) is 0 Å². The molecular weight excluding hydrogens is 253 g/mol. The first-order valence-electron chi connectivity index (χ1n) is 3.81. The molecule has 0 saturated heterocycles. The van der Waals surface area contributed by atoms with Crippen LogP contribution < -0.4 is 11.5 Å². The normalized spacial score (nSPS) is 11.9. The molecule has 0 spiro atoms. The van der Waals surface area contributed by atoms with Gasteiger partial charge in [-0.25, -0.2) is 4.98 Å². The fourth-order valence-electron chi connectivity index (χ4n) is 0.953. The van der Waals surface area contributed by atoms with Gasteiger partial charge in [0.15, 0.2) is 0 Å². The molecule has 0 aliphatic heterocycles. The Kier molecular flexibility index (Phi) is 6.24. The van der Waals surface area contributed by atoms with Crippen molar-refractivity contribution < 1.29 is 0 Å². The predicted molar refractivity (Wildman–Crippen MR) is 59.8 cm³/mol. The lowest BCUT2D eigenvalue weighted by molar-refractivity contribution is 0.658. The minimum Gasteiger partial charge on any atom is -0.330 e. The Morgan fingerprint density at radius 2 is 2.15 bits per heavy atom. The van der Waals surface area contributed by atoms with Crippen LogP contribution in [0.3, 0.4) is 0 Å². The average Bonchev–Trinajstić information content (AvgIpc) is 2.06. The van der Waals surface area contributed by atoms with Gasteiger partial charge in [-0.15, -0.1) is 12.4 Å². The van der Waals surface area contributed by atoms with E-state index < -0.39 is 0 Å². The summed E-state index contributed by atoms with van der Waals surface area (Å²) in [5.41, 5.74) is 12.2. The number of hydrogen-bond donors (Lipinski definition) is 2. The quantitative estimate of drug-likeness (QED) is 0.817. The molecule has 1 atom stereocenters. The number of halogens is 2. The van der Waals surface area contributed by atoms with Crippen LogP contribution in [-0.2, 0) is 0 Å². The summed E-state index contributed by atoms with van der Waals surface area (Å²) in [6.07, 6.45) is 2.56. The molecule has 0 bridgehead atoms. The average molecular weight is 267 g/mol. The fraction of sp³-hybridized carbons (Fsp3) is 0.375. The van der Waals surface area contributed by atoms with Crippen LogP contribution in [-0.4, -0.2) is 11.5 Å². The third kappa shape index (κ3) is 4.04. The van der Waals surface area contributed by atoms with Crippen molar-refractivity contribution >= 4 is 28.3 Å². The number of nitrogens with zero attached hydrogens (tertiary/aromatic N) is 1. The predicted octanol–water partition coefficient (Wildman–Crippen LogP) is 1.61. The van der Waals surface area contributed by atoms with Crippen LogP contribution in [0.5, 0.6) is 0 Å². The van der Waals surface area contributed by atoms with Crippen molar-refractivity contribution in [3.8, 4) is 0 Å². The topological polar surface area (TPSA) is 64.9 Å². The Balaban J connectivity index is 0.00000144. The van der Waals surface area contributed by atoms with E-state index in [1.807, 2.05) is 12.1 Å². The lowest BCUT2D eigenvalue weighted by Gasteiger charge is -2.09. The first-order valence-corrected chi connectivity index (χ1v) is 4.60. The summed E-state index contributed by atoms with van der Waals surface area (Å²) >= 11 is 3.26. The molecular formula is C8H13BrClN3. The standard InChI is InChI=1S/C8H12BrN3.ClH/c9-8-2-1-6(5-12-8)7(11)3-4-10;/h1-2,5,7H,3-4,10-11H2;1H/t7-;/m0./s1. The molecule has 0 unspecified atom stereocenters. The van der Waals surface area contributed by atoms with Gasteiger partial charge in [0, 0.05) is 12.2 Å². The van der Waals surface area contributed by atoms with Gasteiger partial charge in [-0.2, -0.15) is 0 Å². The van der Waals surface area contributed by atoms with Crippen molar-refractivity contribution in [1.82, 2.24) is 4.98 Å². The molecule has 74 valence electrons. The molecule has 0 saturated carbocycles. The summed E-state index contributed by atoms with van der Waals surface area (Å²) in [6, 6.07) is 3.85. The maximum Gasteiger partial charge on any atom is 0.106 e. The van der Waals surface area contributed by atoms with Crippen molar-refractivity contribution in [3.05, 3.63) is 28.5 Å². The molecule has 0 fully saturated rings. The molecule has 5 heteroatoms. The Morgan fingerprint density at radius 1 is 1.46 bits per heavy atom. The third-order valence-electron chi connectivity index (χ3n) is 1.66. The zero-order valence-electron chi connectivity index (χ0n) is 7.11. The molecule has 0 aliphatic rings. The maximum atomic E-state index is 5.82. The van der Waals surface area contributed by atoms with Gasteiger partial charge < -0.3 is 11.5 Å². The van der Waals surface area contributed by atoms with E-state index in [2.05, 4.69) is 20.9 Å². The van der Waals surface area contributed by atoms with Crippen LogP contribution in [0, 0.1) is 0 Å². The van der Waals surface area contributed by atoms with Crippen LogP contribution in [0.15, 0.2) is 22.9 Å². The molecule has 3 nitrogen and oxygen atoms in total. The molecule has 1 aromatic heterocycles. The lowest BCUT2D eigenvalue weighted by Crippen LogP contribution is -2.15. The molecule has 0 radical (unpaired) electrons. The third-order valence-corrected chi connectivity index (χ3v) is 2.13. The summed E-state index contributed by atoms with van der Waals surface area (Å²) in [5, 5.41) is 0. The van der Waals surface area contributed by atoms with E-state index in [1.165, 1.54) is 0 Å². The number of rotatable bonds is 3. The zero-order valence-corrected chi connectivity index (χ0v) is 9.51. The second-order valence-corrected chi connectivity index (χ2v) is 3.41. The SMILES string of the molecule is Cl.NCC[C@H](N)c1ccc(Br)nc1. The molecule has 1 heterocycles. The van der Waals surface area contributed by atoms with Crippen LogP contribution in [0.2, 0.25) is 0 Å². The van der Waals surface area contributed by atoms with Gasteiger partial charge in [0.2, 0.25) is 0 Å². The largest absolute Gasteiger partial charge is 0.330 e. The smallest absolute Gasteiger partial charge is 0.106 e. The van der Waals surface area contributed by atoms with Crippen LogP contribution in [0.4, 0.5) is 0 Å². The number of aromatic nitrogens is 1.